The molecule has 112 valence electrons. The molecule has 0 radical (unpaired) electrons. The van der Waals surface area contributed by atoms with Crippen molar-refractivity contribution in [3.63, 3.8) is 0 Å². The lowest BCUT2D eigenvalue weighted by Gasteiger charge is -2.11. The lowest BCUT2D eigenvalue weighted by molar-refractivity contribution is 0.0938. The molecule has 0 aromatic carbocycles. The monoisotopic (exact) mass is 318 g/mol. The third-order valence-corrected chi connectivity index (χ3v) is 5.07. The fraction of sp³-hybridized carbons (Fsp3) is 0.615. The zero-order valence-corrected chi connectivity index (χ0v) is 13.0. The molecule has 1 heterocycles. The van der Waals surface area contributed by atoms with Gasteiger partial charge in [0, 0.05) is 30.0 Å². The van der Waals surface area contributed by atoms with E-state index in [1.807, 2.05) is 6.92 Å². The van der Waals surface area contributed by atoms with Gasteiger partial charge < -0.3 is 9.88 Å². The summed E-state index contributed by atoms with van der Waals surface area (Å²) in [6, 6.07) is 1.33. The molecule has 1 saturated carbocycles. The van der Waals surface area contributed by atoms with Crippen LogP contribution in [0.25, 0.3) is 0 Å². The molecular formula is C13H19ClN2O3S. The van der Waals surface area contributed by atoms with Crippen LogP contribution in [-0.4, -0.2) is 25.4 Å². The first kappa shape index (κ1) is 15.4. The number of carbonyl (C=O) groups is 1. The molecule has 1 N–H and O–H groups in total. The highest BCUT2D eigenvalue weighted by Gasteiger charge is 2.21. The second kappa shape index (κ2) is 6.18. The quantitative estimate of drug-likeness (QED) is 0.847. The molecule has 1 aromatic rings. The van der Waals surface area contributed by atoms with E-state index in [2.05, 4.69) is 5.32 Å². The molecule has 0 aliphatic heterocycles. The minimum absolute atomic E-state index is 0.0352. The van der Waals surface area contributed by atoms with Crippen LogP contribution in [0.3, 0.4) is 0 Å². The Kier molecular flexibility index (Phi) is 4.75. The number of hydrogen-bond donors (Lipinski definition) is 1. The summed E-state index contributed by atoms with van der Waals surface area (Å²) in [5, 5.41) is 2.88. The normalized spacial score (nSPS) is 16.5. The van der Waals surface area contributed by atoms with Crippen molar-refractivity contribution in [2.24, 2.45) is 5.92 Å². The largest absolute Gasteiger partial charge is 0.350 e. The minimum atomic E-state index is -3.81. The fourth-order valence-electron chi connectivity index (χ4n) is 2.61. The topological polar surface area (TPSA) is 68.2 Å². The Morgan fingerprint density at radius 3 is 2.65 bits per heavy atom. The lowest BCUT2D eigenvalue weighted by atomic mass is 10.1. The Bertz CT molecular complexity index is 589. The molecule has 0 atom stereocenters. The summed E-state index contributed by atoms with van der Waals surface area (Å²) < 4.78 is 24.2. The molecule has 0 saturated heterocycles. The number of nitrogens with zero attached hydrogens (tertiary/aromatic N) is 1. The van der Waals surface area contributed by atoms with Gasteiger partial charge in [-0.05, 0) is 31.7 Å². The van der Waals surface area contributed by atoms with Crippen LogP contribution in [0.2, 0.25) is 0 Å². The van der Waals surface area contributed by atoms with Gasteiger partial charge in [0.15, 0.2) is 0 Å². The van der Waals surface area contributed by atoms with Crippen LogP contribution in [0, 0.1) is 5.92 Å². The molecule has 1 fully saturated rings. The van der Waals surface area contributed by atoms with Crippen molar-refractivity contribution in [1.29, 1.82) is 0 Å². The molecule has 1 aliphatic carbocycles. The Morgan fingerprint density at radius 2 is 2.10 bits per heavy atom. The predicted octanol–water partition coefficient (Wildman–Crippen LogP) is 2.36. The van der Waals surface area contributed by atoms with Gasteiger partial charge in [0.05, 0.1) is 0 Å². The number of rotatable bonds is 5. The number of halogens is 1. The van der Waals surface area contributed by atoms with Gasteiger partial charge in [-0.1, -0.05) is 12.8 Å². The standard InChI is InChI=1S/C13H19ClN2O3S/c1-2-16-9-11(20(14,18)19)7-12(16)13(17)15-8-10-5-3-4-6-10/h7,9-10H,2-6,8H2,1H3,(H,15,17). The summed E-state index contributed by atoms with van der Waals surface area (Å²) in [4.78, 5) is 12.1. The van der Waals surface area contributed by atoms with E-state index in [1.54, 1.807) is 4.57 Å². The van der Waals surface area contributed by atoms with Crippen molar-refractivity contribution in [2.75, 3.05) is 6.54 Å². The smallest absolute Gasteiger partial charge is 0.267 e. The highest BCUT2D eigenvalue weighted by Crippen LogP contribution is 2.24. The molecule has 1 aliphatic rings. The third kappa shape index (κ3) is 3.55. The van der Waals surface area contributed by atoms with E-state index >= 15 is 0 Å². The Balaban J connectivity index is 2.10. The highest BCUT2D eigenvalue weighted by molar-refractivity contribution is 8.13. The van der Waals surface area contributed by atoms with E-state index in [4.69, 9.17) is 10.7 Å². The van der Waals surface area contributed by atoms with Crippen molar-refractivity contribution in [3.8, 4) is 0 Å². The summed E-state index contributed by atoms with van der Waals surface area (Å²) in [7, 11) is 1.51. The van der Waals surface area contributed by atoms with Crippen LogP contribution >= 0.6 is 10.7 Å². The maximum atomic E-state index is 12.2. The van der Waals surface area contributed by atoms with Gasteiger partial charge in [0.25, 0.3) is 15.0 Å². The molecule has 1 amide bonds. The third-order valence-electron chi connectivity index (χ3n) is 3.75. The first-order chi connectivity index (χ1) is 9.41. The molecule has 0 spiro atoms. The maximum Gasteiger partial charge on any atom is 0.267 e. The van der Waals surface area contributed by atoms with Crippen LogP contribution in [0.1, 0.15) is 43.1 Å². The summed E-state index contributed by atoms with van der Waals surface area (Å²) in [6.45, 7) is 3.01. The lowest BCUT2D eigenvalue weighted by Crippen LogP contribution is -2.29. The van der Waals surface area contributed by atoms with Crippen LogP contribution in [-0.2, 0) is 15.6 Å². The molecule has 0 unspecified atom stereocenters. The molecule has 7 heteroatoms. The first-order valence-electron chi connectivity index (χ1n) is 6.85. The zero-order chi connectivity index (χ0) is 14.8. The van der Waals surface area contributed by atoms with Gasteiger partial charge >= 0.3 is 0 Å². The zero-order valence-electron chi connectivity index (χ0n) is 11.4. The Hall–Kier alpha value is -1.01. The van der Waals surface area contributed by atoms with Crippen molar-refractivity contribution >= 4 is 25.6 Å². The molecular weight excluding hydrogens is 300 g/mol. The second-order valence-electron chi connectivity index (χ2n) is 5.15. The molecule has 2 rings (SSSR count). The van der Waals surface area contributed by atoms with Crippen LogP contribution in [0.4, 0.5) is 0 Å². The van der Waals surface area contributed by atoms with Crippen molar-refractivity contribution in [3.05, 3.63) is 18.0 Å². The van der Waals surface area contributed by atoms with E-state index in [0.717, 1.165) is 12.8 Å². The molecule has 0 bridgehead atoms. The highest BCUT2D eigenvalue weighted by atomic mass is 35.7. The van der Waals surface area contributed by atoms with Crippen molar-refractivity contribution in [1.82, 2.24) is 9.88 Å². The number of hydrogen-bond acceptors (Lipinski definition) is 3. The van der Waals surface area contributed by atoms with E-state index in [-0.39, 0.29) is 10.8 Å². The van der Waals surface area contributed by atoms with Gasteiger partial charge in [0.1, 0.15) is 10.6 Å². The van der Waals surface area contributed by atoms with Crippen LogP contribution < -0.4 is 5.32 Å². The number of carbonyl (C=O) groups excluding carboxylic acids is 1. The fourth-order valence-corrected chi connectivity index (χ4v) is 3.37. The predicted molar refractivity (Wildman–Crippen MR) is 77.4 cm³/mol. The van der Waals surface area contributed by atoms with E-state index in [9.17, 15) is 13.2 Å². The van der Waals surface area contributed by atoms with E-state index < -0.39 is 9.05 Å². The van der Waals surface area contributed by atoms with Gasteiger partial charge in [0.2, 0.25) is 0 Å². The van der Waals surface area contributed by atoms with Gasteiger partial charge in [-0.15, -0.1) is 0 Å². The summed E-state index contributed by atoms with van der Waals surface area (Å²) >= 11 is 0. The summed E-state index contributed by atoms with van der Waals surface area (Å²) in [5.41, 5.74) is 0.338. The number of amides is 1. The Morgan fingerprint density at radius 1 is 1.45 bits per heavy atom. The SMILES string of the molecule is CCn1cc(S(=O)(=O)Cl)cc1C(=O)NCC1CCCC1. The molecule has 1 aromatic heterocycles. The van der Waals surface area contributed by atoms with E-state index in [0.29, 0.717) is 24.7 Å². The van der Waals surface area contributed by atoms with Crippen LogP contribution in [0.5, 0.6) is 0 Å². The van der Waals surface area contributed by atoms with E-state index in [1.165, 1.54) is 25.1 Å². The summed E-state index contributed by atoms with van der Waals surface area (Å²) in [6.07, 6.45) is 6.14. The second-order valence-corrected chi connectivity index (χ2v) is 7.71. The minimum Gasteiger partial charge on any atom is -0.350 e. The average molecular weight is 319 g/mol. The van der Waals surface area contributed by atoms with Crippen LogP contribution in [0.15, 0.2) is 17.2 Å². The average Bonchev–Trinajstić information content (AvgIpc) is 3.03. The molecule has 5 nitrogen and oxygen atoms in total. The Labute approximate surface area is 123 Å². The summed E-state index contributed by atoms with van der Waals surface area (Å²) in [5.74, 6) is 0.297. The number of aromatic nitrogens is 1. The maximum absolute atomic E-state index is 12.2. The molecule has 20 heavy (non-hydrogen) atoms. The van der Waals surface area contributed by atoms with Crippen molar-refractivity contribution in [2.45, 2.75) is 44.0 Å². The number of nitrogens with one attached hydrogen (secondary N) is 1. The first-order valence-corrected chi connectivity index (χ1v) is 9.15. The van der Waals surface area contributed by atoms with Gasteiger partial charge in [-0.3, -0.25) is 4.79 Å². The van der Waals surface area contributed by atoms with Crippen molar-refractivity contribution < 1.29 is 13.2 Å². The van der Waals surface area contributed by atoms with Gasteiger partial charge in [-0.25, -0.2) is 8.42 Å². The van der Waals surface area contributed by atoms with Gasteiger partial charge in [-0.2, -0.15) is 0 Å². The number of aryl methyl sites for hydroxylation is 1.